The van der Waals surface area contributed by atoms with Gasteiger partial charge in [0, 0.05) is 0 Å². The van der Waals surface area contributed by atoms with Gasteiger partial charge in [-0.25, -0.2) is 0 Å². The number of rotatable bonds is 6. The van der Waals surface area contributed by atoms with Crippen LogP contribution in [0.1, 0.15) is 60.1 Å². The summed E-state index contributed by atoms with van der Waals surface area (Å²) in [6, 6.07) is 23.7. The van der Waals surface area contributed by atoms with Gasteiger partial charge in [-0.15, -0.1) is 0 Å². The van der Waals surface area contributed by atoms with Gasteiger partial charge >= 0.3 is 17.9 Å². The van der Waals surface area contributed by atoms with E-state index in [1.165, 1.54) is 38.0 Å². The Morgan fingerprint density at radius 2 is 1.10 bits per heavy atom. The van der Waals surface area contributed by atoms with E-state index >= 15 is 0 Å². The van der Waals surface area contributed by atoms with Crippen molar-refractivity contribution in [3.63, 3.8) is 0 Å². The lowest BCUT2D eigenvalue weighted by molar-refractivity contribution is -0.146. The van der Waals surface area contributed by atoms with Crippen molar-refractivity contribution in [3.05, 3.63) is 106 Å². The Labute approximate surface area is 233 Å². The van der Waals surface area contributed by atoms with Crippen LogP contribution >= 0.6 is 0 Å². The highest BCUT2D eigenvalue weighted by Gasteiger charge is 2.30. The smallest absolute Gasteiger partial charge is 0.315 e. The van der Waals surface area contributed by atoms with Gasteiger partial charge < -0.3 is 14.2 Å². The van der Waals surface area contributed by atoms with Crippen molar-refractivity contribution in [2.45, 2.75) is 59.3 Å². The van der Waals surface area contributed by atoms with Crippen molar-refractivity contribution >= 4 is 17.9 Å². The Balaban J connectivity index is 0.000000293. The molecule has 0 fully saturated rings. The second-order valence-corrected chi connectivity index (χ2v) is 9.88. The van der Waals surface area contributed by atoms with Crippen LogP contribution in [0.15, 0.2) is 72.8 Å². The number of hydrogen-bond donors (Lipinski definition) is 0. The van der Waals surface area contributed by atoms with Crippen molar-refractivity contribution in [3.8, 4) is 0 Å². The first-order valence-electron chi connectivity index (χ1n) is 12.8. The molecular weight excluding hydrogens is 492 g/mol. The summed E-state index contributed by atoms with van der Waals surface area (Å²) in [5.74, 6) is -0.769. The quantitative estimate of drug-likeness (QED) is 0.268. The van der Waals surface area contributed by atoms with Gasteiger partial charge in [-0.2, -0.15) is 0 Å². The van der Waals surface area contributed by atoms with Crippen LogP contribution in [0.25, 0.3) is 0 Å². The average molecular weight is 535 g/mol. The third kappa shape index (κ3) is 11.1. The molecule has 0 aliphatic carbocycles. The summed E-state index contributed by atoms with van der Waals surface area (Å²) in [6.45, 7) is 11.6. The summed E-state index contributed by atoms with van der Waals surface area (Å²) in [5.41, 5.74) is 5.99. The number of carbonyl (C=O) groups is 3. The number of ether oxygens (including phenoxy) is 3. The molecule has 210 valence electrons. The van der Waals surface area contributed by atoms with Crippen LogP contribution in [0.3, 0.4) is 0 Å². The number of benzene rings is 3. The molecule has 0 aromatic heterocycles. The summed E-state index contributed by atoms with van der Waals surface area (Å²) in [5, 5.41) is 0. The maximum Gasteiger partial charge on any atom is 0.315 e. The van der Waals surface area contributed by atoms with Crippen LogP contribution in [0.4, 0.5) is 0 Å². The summed E-state index contributed by atoms with van der Waals surface area (Å²) >= 11 is 0. The monoisotopic (exact) mass is 534 g/mol. The zero-order chi connectivity index (χ0) is 29.6. The number of aryl methyl sites for hydroxylation is 3. The highest BCUT2D eigenvalue weighted by Crippen LogP contribution is 2.24. The fraction of sp³-hybridized carbons (Fsp3) is 0.364. The largest absolute Gasteiger partial charge is 0.469 e. The average Bonchev–Trinajstić information content (AvgIpc) is 2.94. The molecule has 6 nitrogen and oxygen atoms in total. The number of esters is 3. The van der Waals surface area contributed by atoms with Gasteiger partial charge in [-0.05, 0) is 58.2 Å². The van der Waals surface area contributed by atoms with Gasteiger partial charge in [-0.1, -0.05) is 89.5 Å². The van der Waals surface area contributed by atoms with Crippen LogP contribution < -0.4 is 0 Å². The van der Waals surface area contributed by atoms with E-state index in [0.717, 1.165) is 16.7 Å². The molecule has 3 aromatic carbocycles. The minimum atomic E-state index is -0.567. The molecule has 0 aliphatic rings. The maximum atomic E-state index is 11.5. The van der Waals surface area contributed by atoms with Crippen LogP contribution in [0, 0.1) is 20.8 Å². The van der Waals surface area contributed by atoms with Crippen LogP contribution in [-0.2, 0) is 40.4 Å². The molecule has 6 heteroatoms. The predicted octanol–water partition coefficient (Wildman–Crippen LogP) is 6.43. The highest BCUT2D eigenvalue weighted by molar-refractivity contribution is 5.82. The molecule has 0 bridgehead atoms. The molecule has 0 amide bonds. The topological polar surface area (TPSA) is 78.9 Å². The molecule has 0 heterocycles. The Morgan fingerprint density at radius 1 is 0.667 bits per heavy atom. The van der Waals surface area contributed by atoms with E-state index in [4.69, 9.17) is 4.74 Å². The van der Waals surface area contributed by atoms with Crippen LogP contribution in [-0.4, -0.2) is 39.2 Å². The van der Waals surface area contributed by atoms with Crippen molar-refractivity contribution in [2.24, 2.45) is 0 Å². The first-order valence-corrected chi connectivity index (χ1v) is 12.8. The molecule has 0 saturated heterocycles. The first-order chi connectivity index (χ1) is 18.3. The minimum Gasteiger partial charge on any atom is -0.469 e. The van der Waals surface area contributed by atoms with E-state index in [-0.39, 0.29) is 23.8 Å². The van der Waals surface area contributed by atoms with Crippen LogP contribution in [0.2, 0.25) is 0 Å². The second kappa shape index (κ2) is 16.1. The van der Waals surface area contributed by atoms with E-state index in [1.807, 2.05) is 114 Å². The summed E-state index contributed by atoms with van der Waals surface area (Å²) in [4.78, 5) is 33.5. The summed E-state index contributed by atoms with van der Waals surface area (Å²) < 4.78 is 14.0. The van der Waals surface area contributed by atoms with E-state index in [1.54, 1.807) is 0 Å². The van der Waals surface area contributed by atoms with Crippen molar-refractivity contribution in [1.82, 2.24) is 0 Å². The number of methoxy groups -OCH3 is 3. The van der Waals surface area contributed by atoms with Gasteiger partial charge in [-0.3, -0.25) is 14.4 Å². The number of carbonyl (C=O) groups excluding carboxylic acids is 3. The van der Waals surface area contributed by atoms with Gasteiger partial charge in [0.25, 0.3) is 0 Å². The molecule has 0 spiro atoms. The van der Waals surface area contributed by atoms with Gasteiger partial charge in [0.2, 0.25) is 0 Å². The SMILES string of the molecule is COC(=O)C(C)(C)c1ccc(C)cc1.COC(=O)C(C)c1ccc(C)cc1.COC(=O)Cc1ccc(C)cc1. The molecule has 39 heavy (non-hydrogen) atoms. The van der Waals surface area contributed by atoms with E-state index in [9.17, 15) is 14.4 Å². The van der Waals surface area contributed by atoms with Crippen molar-refractivity contribution < 1.29 is 28.6 Å². The van der Waals surface area contributed by atoms with Gasteiger partial charge in [0.05, 0.1) is 39.1 Å². The highest BCUT2D eigenvalue weighted by atomic mass is 16.5. The predicted molar refractivity (Wildman–Crippen MR) is 155 cm³/mol. The van der Waals surface area contributed by atoms with Gasteiger partial charge in [0.15, 0.2) is 0 Å². The zero-order valence-corrected chi connectivity index (χ0v) is 24.7. The Hall–Kier alpha value is -3.93. The van der Waals surface area contributed by atoms with Crippen molar-refractivity contribution in [2.75, 3.05) is 21.3 Å². The Kier molecular flexibility index (Phi) is 13.7. The van der Waals surface area contributed by atoms with E-state index in [2.05, 4.69) is 9.47 Å². The molecule has 3 rings (SSSR count). The molecular formula is C33H42O6. The normalized spacial score (nSPS) is 11.0. The second-order valence-electron chi connectivity index (χ2n) is 9.88. The first kappa shape index (κ1) is 33.1. The Bertz CT molecular complexity index is 1180. The third-order valence-electron chi connectivity index (χ3n) is 6.30. The Morgan fingerprint density at radius 3 is 1.51 bits per heavy atom. The lowest BCUT2D eigenvalue weighted by Crippen LogP contribution is -2.30. The minimum absolute atomic E-state index is 0.175. The fourth-order valence-corrected chi connectivity index (χ4v) is 3.46. The van der Waals surface area contributed by atoms with Crippen LogP contribution in [0.5, 0.6) is 0 Å². The zero-order valence-electron chi connectivity index (χ0n) is 24.7. The standard InChI is InChI=1S/C12H16O2.C11H14O2.C10H12O2/c1-9-5-7-10(8-6-9)12(2,3)11(13)14-4;1-8-4-6-10(7-5-8)9(2)11(12)13-3;1-8-3-5-9(6-4-8)7-10(11)12-2/h5-8H,1-4H3;4-7,9H,1-3H3;3-6H,7H2,1-2H3. The van der Waals surface area contributed by atoms with E-state index in [0.29, 0.717) is 6.42 Å². The van der Waals surface area contributed by atoms with Gasteiger partial charge in [0.1, 0.15) is 0 Å². The molecule has 0 N–H and O–H groups in total. The molecule has 0 aliphatic heterocycles. The number of hydrogen-bond acceptors (Lipinski definition) is 6. The fourth-order valence-electron chi connectivity index (χ4n) is 3.46. The summed E-state index contributed by atoms with van der Waals surface area (Å²) in [6.07, 6.45) is 0.358. The summed E-state index contributed by atoms with van der Waals surface area (Å²) in [7, 11) is 4.22. The molecule has 0 saturated carbocycles. The lowest BCUT2D eigenvalue weighted by Gasteiger charge is -2.21. The molecule has 0 radical (unpaired) electrons. The van der Waals surface area contributed by atoms with E-state index < -0.39 is 5.41 Å². The maximum absolute atomic E-state index is 11.5. The molecule has 1 atom stereocenters. The third-order valence-corrected chi connectivity index (χ3v) is 6.30. The molecule has 3 aromatic rings. The lowest BCUT2D eigenvalue weighted by atomic mass is 9.84. The molecule has 1 unspecified atom stereocenters. The van der Waals surface area contributed by atoms with Crippen molar-refractivity contribution in [1.29, 1.82) is 0 Å².